The number of benzene rings is 3. The number of imide groups is 2. The number of hydrogen-bond donors (Lipinski definition) is 1. The summed E-state index contributed by atoms with van der Waals surface area (Å²) in [5.41, 5.74) is 3.38. The number of aromatic nitrogens is 1. The zero-order chi connectivity index (χ0) is 24.7. The normalized spacial score (nSPS) is 15.2. The lowest BCUT2D eigenvalue weighted by Crippen LogP contribution is -2.54. The van der Waals surface area contributed by atoms with Crippen LogP contribution in [0.3, 0.4) is 0 Å². The monoisotopic (exact) mass is 531 g/mol. The third-order valence-corrected chi connectivity index (χ3v) is 6.34. The maximum absolute atomic E-state index is 13.5. The van der Waals surface area contributed by atoms with Gasteiger partial charge in [0.05, 0.1) is 5.69 Å². The number of nitrogens with zero attached hydrogens (tertiary/aromatic N) is 2. The lowest BCUT2D eigenvalue weighted by Gasteiger charge is -2.27. The Morgan fingerprint density at radius 3 is 2.60 bits per heavy atom. The van der Waals surface area contributed by atoms with Crippen molar-refractivity contribution in [3.05, 3.63) is 105 Å². The van der Waals surface area contributed by atoms with E-state index in [1.54, 1.807) is 37.3 Å². The Hall–Kier alpha value is -4.04. The molecule has 1 fully saturated rings. The van der Waals surface area contributed by atoms with E-state index in [-0.39, 0.29) is 11.4 Å². The van der Waals surface area contributed by atoms with Crippen LogP contribution in [0.2, 0.25) is 0 Å². The summed E-state index contributed by atoms with van der Waals surface area (Å²) in [5, 5.41) is 3.16. The summed E-state index contributed by atoms with van der Waals surface area (Å²) in [6.07, 6.45) is 3.39. The Balaban J connectivity index is 1.47. The van der Waals surface area contributed by atoms with Crippen molar-refractivity contribution in [1.82, 2.24) is 9.88 Å². The molecule has 174 valence electrons. The molecule has 1 aliphatic heterocycles. The summed E-state index contributed by atoms with van der Waals surface area (Å²) in [4.78, 5) is 39.2. The van der Waals surface area contributed by atoms with Gasteiger partial charge in [-0.3, -0.25) is 14.9 Å². The zero-order valence-corrected chi connectivity index (χ0v) is 20.2. The van der Waals surface area contributed by atoms with E-state index >= 15 is 0 Å². The van der Waals surface area contributed by atoms with E-state index in [9.17, 15) is 18.8 Å². The first kappa shape index (κ1) is 22.7. The summed E-state index contributed by atoms with van der Waals surface area (Å²) in [7, 11) is 0. The number of halogens is 2. The van der Waals surface area contributed by atoms with E-state index in [4.69, 9.17) is 0 Å². The fraction of sp³-hybridized carbons (Fsp3) is 0.0741. The summed E-state index contributed by atoms with van der Waals surface area (Å²) < 4.78 is 16.4. The van der Waals surface area contributed by atoms with Crippen LogP contribution in [0.5, 0.6) is 0 Å². The summed E-state index contributed by atoms with van der Waals surface area (Å²) in [6.45, 7) is 2.29. The number of anilines is 1. The van der Waals surface area contributed by atoms with Crippen LogP contribution < -0.4 is 10.2 Å². The highest BCUT2D eigenvalue weighted by Crippen LogP contribution is 2.28. The molecule has 0 bridgehead atoms. The van der Waals surface area contributed by atoms with Gasteiger partial charge in [0.2, 0.25) is 0 Å². The Labute approximate surface area is 208 Å². The fourth-order valence-electron chi connectivity index (χ4n) is 4.19. The van der Waals surface area contributed by atoms with Gasteiger partial charge in [-0.05, 0) is 78.2 Å². The van der Waals surface area contributed by atoms with E-state index in [1.807, 2.05) is 35.0 Å². The van der Waals surface area contributed by atoms with Crippen LogP contribution in [-0.4, -0.2) is 22.4 Å². The standard InChI is InChI=1S/C27H19BrFN3O3/c1-16-11-20(28)6-8-23(16)32-26(34)22(25(33)30-27(32)35)14-17-5-7-24-19(12-17)9-10-31(24)15-18-3-2-4-21(29)13-18/h2-14H,15H2,1H3,(H,30,33,35)/b22-14-. The molecule has 35 heavy (non-hydrogen) atoms. The maximum atomic E-state index is 13.5. The molecule has 0 saturated carbocycles. The summed E-state index contributed by atoms with van der Waals surface area (Å²) in [6, 6.07) is 18.3. The van der Waals surface area contributed by atoms with Crippen LogP contribution >= 0.6 is 15.9 Å². The number of hydrogen-bond acceptors (Lipinski definition) is 3. The minimum Gasteiger partial charge on any atom is -0.343 e. The van der Waals surface area contributed by atoms with Crippen molar-refractivity contribution in [3.8, 4) is 0 Å². The number of barbiturate groups is 1. The summed E-state index contributed by atoms with van der Waals surface area (Å²) in [5.74, 6) is -1.71. The molecule has 0 atom stereocenters. The third-order valence-electron chi connectivity index (χ3n) is 5.85. The van der Waals surface area contributed by atoms with Gasteiger partial charge in [-0.2, -0.15) is 0 Å². The molecule has 5 rings (SSSR count). The minimum atomic E-state index is -0.785. The molecule has 8 heteroatoms. The molecular weight excluding hydrogens is 513 g/mol. The van der Waals surface area contributed by atoms with Crippen molar-refractivity contribution in [2.45, 2.75) is 13.5 Å². The molecular formula is C27H19BrFN3O3. The SMILES string of the molecule is Cc1cc(Br)ccc1N1C(=O)NC(=O)/C(=C/c2ccc3c(ccn3Cc3cccc(F)c3)c2)C1=O. The Kier molecular flexibility index (Phi) is 5.82. The number of amides is 4. The first-order chi connectivity index (χ1) is 16.8. The number of urea groups is 1. The van der Waals surface area contributed by atoms with Crippen LogP contribution in [0.1, 0.15) is 16.7 Å². The number of nitrogens with one attached hydrogen (secondary N) is 1. The maximum Gasteiger partial charge on any atom is 0.335 e. The van der Waals surface area contributed by atoms with Gasteiger partial charge in [0, 0.05) is 28.1 Å². The molecule has 2 heterocycles. The van der Waals surface area contributed by atoms with Gasteiger partial charge in [0.15, 0.2) is 0 Å². The van der Waals surface area contributed by atoms with Gasteiger partial charge in [0.25, 0.3) is 11.8 Å². The highest BCUT2D eigenvalue weighted by Gasteiger charge is 2.37. The molecule has 1 aromatic heterocycles. The van der Waals surface area contributed by atoms with Crippen molar-refractivity contribution >= 4 is 56.4 Å². The van der Waals surface area contributed by atoms with Gasteiger partial charge in [-0.1, -0.05) is 34.1 Å². The Morgan fingerprint density at radius 2 is 1.83 bits per heavy atom. The van der Waals surface area contributed by atoms with Crippen molar-refractivity contribution in [1.29, 1.82) is 0 Å². The molecule has 6 nitrogen and oxygen atoms in total. The smallest absolute Gasteiger partial charge is 0.335 e. The Morgan fingerprint density at radius 1 is 1.00 bits per heavy atom. The summed E-state index contributed by atoms with van der Waals surface area (Å²) >= 11 is 3.37. The molecule has 3 aromatic carbocycles. The molecule has 1 saturated heterocycles. The van der Waals surface area contributed by atoms with Gasteiger partial charge in [0.1, 0.15) is 11.4 Å². The van der Waals surface area contributed by atoms with E-state index in [2.05, 4.69) is 21.2 Å². The van der Waals surface area contributed by atoms with Gasteiger partial charge in [-0.25, -0.2) is 14.1 Å². The molecule has 1 aliphatic rings. The number of carbonyl (C=O) groups is 3. The fourth-order valence-corrected chi connectivity index (χ4v) is 4.67. The van der Waals surface area contributed by atoms with Crippen LogP contribution in [0.15, 0.2) is 83.0 Å². The predicted octanol–water partition coefficient (Wildman–Crippen LogP) is 5.57. The average Bonchev–Trinajstić information content (AvgIpc) is 3.20. The number of fused-ring (bicyclic) bond motifs is 1. The second-order valence-electron chi connectivity index (χ2n) is 8.28. The second kappa shape index (κ2) is 8.96. The first-order valence-corrected chi connectivity index (χ1v) is 11.6. The van der Waals surface area contributed by atoms with E-state index in [0.717, 1.165) is 25.8 Å². The molecule has 0 aliphatic carbocycles. The molecule has 4 amide bonds. The highest BCUT2D eigenvalue weighted by molar-refractivity contribution is 9.10. The Bertz CT molecular complexity index is 1560. The quantitative estimate of drug-likeness (QED) is 0.276. The van der Waals surface area contributed by atoms with Crippen LogP contribution in [0, 0.1) is 12.7 Å². The minimum absolute atomic E-state index is 0.134. The predicted molar refractivity (Wildman–Crippen MR) is 135 cm³/mol. The van der Waals surface area contributed by atoms with E-state index in [0.29, 0.717) is 23.4 Å². The van der Waals surface area contributed by atoms with Crippen molar-refractivity contribution in [2.75, 3.05) is 4.90 Å². The second-order valence-corrected chi connectivity index (χ2v) is 9.20. The molecule has 0 spiro atoms. The zero-order valence-electron chi connectivity index (χ0n) is 18.6. The van der Waals surface area contributed by atoms with Crippen molar-refractivity contribution in [2.24, 2.45) is 0 Å². The van der Waals surface area contributed by atoms with Crippen LogP contribution in [0.4, 0.5) is 14.9 Å². The largest absolute Gasteiger partial charge is 0.343 e. The topological polar surface area (TPSA) is 71.4 Å². The van der Waals surface area contributed by atoms with Gasteiger partial charge >= 0.3 is 6.03 Å². The first-order valence-electron chi connectivity index (χ1n) is 10.8. The molecule has 1 N–H and O–H groups in total. The van der Waals surface area contributed by atoms with Crippen LogP contribution in [-0.2, 0) is 16.1 Å². The molecule has 4 aromatic rings. The number of aryl methyl sites for hydroxylation is 1. The third kappa shape index (κ3) is 4.40. The molecule has 0 unspecified atom stereocenters. The molecule has 0 radical (unpaired) electrons. The average molecular weight is 532 g/mol. The number of carbonyl (C=O) groups excluding carboxylic acids is 3. The number of rotatable bonds is 4. The van der Waals surface area contributed by atoms with Gasteiger partial charge < -0.3 is 4.57 Å². The van der Waals surface area contributed by atoms with E-state index < -0.39 is 17.8 Å². The van der Waals surface area contributed by atoms with Crippen molar-refractivity contribution < 1.29 is 18.8 Å². The van der Waals surface area contributed by atoms with Crippen molar-refractivity contribution in [3.63, 3.8) is 0 Å². The lowest BCUT2D eigenvalue weighted by atomic mass is 10.0. The van der Waals surface area contributed by atoms with Gasteiger partial charge in [-0.15, -0.1) is 0 Å². The van der Waals surface area contributed by atoms with E-state index in [1.165, 1.54) is 18.2 Å². The lowest BCUT2D eigenvalue weighted by molar-refractivity contribution is -0.122. The van der Waals surface area contributed by atoms with Crippen LogP contribution in [0.25, 0.3) is 17.0 Å². The highest BCUT2D eigenvalue weighted by atomic mass is 79.9.